The third kappa shape index (κ3) is 5.98. The number of benzene rings is 2. The molecule has 27 heavy (non-hydrogen) atoms. The summed E-state index contributed by atoms with van der Waals surface area (Å²) in [6.45, 7) is 3.84. The summed E-state index contributed by atoms with van der Waals surface area (Å²) in [6, 6.07) is 17.3. The molecule has 1 N–H and O–H groups in total. The lowest BCUT2D eigenvalue weighted by atomic mass is 9.88. The van der Waals surface area contributed by atoms with Gasteiger partial charge in [-0.15, -0.1) is 0 Å². The zero-order valence-corrected chi connectivity index (χ0v) is 16.8. The minimum absolute atomic E-state index is 0.241. The monoisotopic (exact) mass is 384 g/mol. The van der Waals surface area contributed by atoms with Gasteiger partial charge in [-0.2, -0.15) is 0 Å². The van der Waals surface area contributed by atoms with E-state index in [1.54, 1.807) is 0 Å². The molecule has 2 rings (SSSR count). The molecule has 0 saturated heterocycles. The highest BCUT2D eigenvalue weighted by atomic mass is 32.2. The number of allylic oxidation sites excluding steroid dienone is 1. The molecular formula is C23H28O3S. The molecule has 0 aromatic heterocycles. The molecule has 0 heterocycles. The van der Waals surface area contributed by atoms with Gasteiger partial charge in [0.05, 0.1) is 17.4 Å². The predicted molar refractivity (Wildman–Crippen MR) is 112 cm³/mol. The smallest absolute Gasteiger partial charge is 0.125 e. The first-order valence-corrected chi connectivity index (χ1v) is 10.6. The molecule has 2 aromatic rings. The Morgan fingerprint density at radius 1 is 1.11 bits per heavy atom. The number of aldehydes is 1. The van der Waals surface area contributed by atoms with Crippen LogP contribution in [0.15, 0.2) is 64.4 Å². The number of aryl methyl sites for hydroxylation is 1. The van der Waals surface area contributed by atoms with E-state index >= 15 is 0 Å². The van der Waals surface area contributed by atoms with E-state index in [9.17, 15) is 14.1 Å². The molecule has 0 aliphatic heterocycles. The first-order valence-electron chi connectivity index (χ1n) is 9.42. The van der Waals surface area contributed by atoms with Crippen molar-refractivity contribution in [3.63, 3.8) is 0 Å². The van der Waals surface area contributed by atoms with Crippen LogP contribution in [0.5, 0.6) is 0 Å². The van der Waals surface area contributed by atoms with Crippen LogP contribution in [0.1, 0.15) is 37.3 Å². The van der Waals surface area contributed by atoms with Gasteiger partial charge >= 0.3 is 0 Å². The van der Waals surface area contributed by atoms with Crippen molar-refractivity contribution in [2.45, 2.75) is 38.0 Å². The molecule has 2 aromatic carbocycles. The standard InChI is InChI=1S/C23H28O3S/c1-3-4-10-22(20(16-24)17-25)23(15-19-8-6-5-7-9-19)27(26)21-13-11-18(2)12-14-21/h5-9,11-16,20,22,25H,3-4,10,17H2,1-2H3/b23-15-/t20-,22+,27?/m0/s1. The Kier molecular flexibility index (Phi) is 8.62. The van der Waals surface area contributed by atoms with E-state index in [0.717, 1.165) is 36.7 Å². The van der Waals surface area contributed by atoms with Gasteiger partial charge in [-0.1, -0.05) is 67.8 Å². The van der Waals surface area contributed by atoms with Gasteiger partial charge in [-0.05, 0) is 37.1 Å². The number of hydrogen-bond donors (Lipinski definition) is 1. The van der Waals surface area contributed by atoms with Gasteiger partial charge in [-0.25, -0.2) is 4.21 Å². The maximum Gasteiger partial charge on any atom is 0.125 e. The number of hydrogen-bond acceptors (Lipinski definition) is 3. The molecule has 0 bridgehead atoms. The summed E-state index contributed by atoms with van der Waals surface area (Å²) in [4.78, 5) is 13.0. The van der Waals surface area contributed by atoms with Crippen LogP contribution in [0.2, 0.25) is 0 Å². The summed E-state index contributed by atoms with van der Waals surface area (Å²) in [5.41, 5.74) is 2.05. The van der Waals surface area contributed by atoms with E-state index in [2.05, 4.69) is 6.92 Å². The number of aliphatic hydroxyl groups is 1. The van der Waals surface area contributed by atoms with E-state index in [-0.39, 0.29) is 12.5 Å². The molecule has 1 unspecified atom stereocenters. The first-order chi connectivity index (χ1) is 13.1. The highest BCUT2D eigenvalue weighted by Crippen LogP contribution is 2.32. The highest BCUT2D eigenvalue weighted by Gasteiger charge is 2.28. The quantitative estimate of drug-likeness (QED) is 0.601. The van der Waals surface area contributed by atoms with Crippen molar-refractivity contribution in [1.82, 2.24) is 0 Å². The Bertz CT molecular complexity index is 766. The normalized spacial score (nSPS) is 15.1. The molecule has 144 valence electrons. The Morgan fingerprint density at radius 3 is 2.33 bits per heavy atom. The Balaban J connectivity index is 2.52. The molecule has 0 saturated carbocycles. The van der Waals surface area contributed by atoms with Crippen molar-refractivity contribution in [2.24, 2.45) is 11.8 Å². The van der Waals surface area contributed by atoms with Crippen LogP contribution in [-0.2, 0) is 15.6 Å². The molecule has 0 amide bonds. The zero-order chi connectivity index (χ0) is 19.6. The molecule has 0 spiro atoms. The van der Waals surface area contributed by atoms with E-state index in [1.807, 2.05) is 67.6 Å². The number of rotatable bonds is 10. The number of carbonyl (C=O) groups excluding carboxylic acids is 1. The first kappa shape index (κ1) is 21.3. The topological polar surface area (TPSA) is 54.4 Å². The van der Waals surface area contributed by atoms with Gasteiger partial charge in [0.15, 0.2) is 0 Å². The maximum atomic E-state index is 13.4. The molecule has 3 atom stereocenters. The summed E-state index contributed by atoms with van der Waals surface area (Å²) < 4.78 is 13.4. The Labute approximate surface area is 164 Å². The second-order valence-corrected chi connectivity index (χ2v) is 8.25. The van der Waals surface area contributed by atoms with Crippen molar-refractivity contribution in [3.8, 4) is 0 Å². The number of carbonyl (C=O) groups is 1. The highest BCUT2D eigenvalue weighted by molar-refractivity contribution is 7.89. The van der Waals surface area contributed by atoms with Crippen LogP contribution in [0, 0.1) is 18.8 Å². The molecule has 4 heteroatoms. The summed E-state index contributed by atoms with van der Waals surface area (Å²) >= 11 is 0. The molecule has 3 nitrogen and oxygen atoms in total. The average molecular weight is 385 g/mol. The van der Waals surface area contributed by atoms with Gasteiger partial charge in [0, 0.05) is 21.6 Å². The lowest BCUT2D eigenvalue weighted by molar-refractivity contribution is -0.113. The van der Waals surface area contributed by atoms with Gasteiger partial charge < -0.3 is 9.90 Å². The van der Waals surface area contributed by atoms with Gasteiger partial charge in [0.25, 0.3) is 0 Å². The van der Waals surface area contributed by atoms with Crippen LogP contribution in [0.3, 0.4) is 0 Å². The average Bonchev–Trinajstić information content (AvgIpc) is 2.70. The molecular weight excluding hydrogens is 356 g/mol. The van der Waals surface area contributed by atoms with Gasteiger partial charge in [0.1, 0.15) is 6.29 Å². The minimum atomic E-state index is -1.40. The Morgan fingerprint density at radius 2 is 1.78 bits per heavy atom. The second kappa shape index (κ2) is 11.0. The fourth-order valence-corrected chi connectivity index (χ4v) is 4.53. The molecule has 0 aliphatic carbocycles. The van der Waals surface area contributed by atoms with Crippen LogP contribution in [-0.4, -0.2) is 22.2 Å². The largest absolute Gasteiger partial charge is 0.396 e. The van der Waals surface area contributed by atoms with Crippen LogP contribution in [0.25, 0.3) is 6.08 Å². The lowest BCUT2D eigenvalue weighted by Crippen LogP contribution is -2.24. The fraction of sp³-hybridized carbons (Fsp3) is 0.348. The number of unbranched alkanes of at least 4 members (excludes halogenated alkanes) is 1. The van der Waals surface area contributed by atoms with Crippen LogP contribution < -0.4 is 0 Å². The van der Waals surface area contributed by atoms with E-state index in [1.165, 1.54) is 0 Å². The third-order valence-corrected chi connectivity index (χ3v) is 6.24. The molecule has 0 aliphatic rings. The van der Waals surface area contributed by atoms with Crippen molar-refractivity contribution >= 4 is 23.2 Å². The third-order valence-electron chi connectivity index (χ3n) is 4.69. The van der Waals surface area contributed by atoms with E-state index < -0.39 is 16.7 Å². The summed E-state index contributed by atoms with van der Waals surface area (Å²) in [5, 5.41) is 9.74. The van der Waals surface area contributed by atoms with Crippen molar-refractivity contribution < 1.29 is 14.1 Å². The second-order valence-electron chi connectivity index (χ2n) is 6.77. The van der Waals surface area contributed by atoms with Crippen LogP contribution in [0.4, 0.5) is 0 Å². The maximum absolute atomic E-state index is 13.4. The van der Waals surface area contributed by atoms with Crippen molar-refractivity contribution in [1.29, 1.82) is 0 Å². The summed E-state index contributed by atoms with van der Waals surface area (Å²) in [7, 11) is -1.40. The lowest BCUT2D eigenvalue weighted by Gasteiger charge is -2.24. The van der Waals surface area contributed by atoms with Crippen molar-refractivity contribution in [3.05, 3.63) is 70.6 Å². The Hall–Kier alpha value is -2.04. The fourth-order valence-electron chi connectivity index (χ4n) is 3.07. The molecule has 0 fully saturated rings. The predicted octanol–water partition coefficient (Wildman–Crippen LogP) is 4.76. The van der Waals surface area contributed by atoms with E-state index in [0.29, 0.717) is 9.80 Å². The van der Waals surface area contributed by atoms with E-state index in [4.69, 9.17) is 0 Å². The summed E-state index contributed by atoms with van der Waals surface area (Å²) in [6.07, 6.45) is 5.32. The SMILES string of the molecule is CCCC[C@@H](/C(=C/c1ccccc1)S(=O)c1ccc(C)cc1)[C@@H](C=O)CO. The summed E-state index contributed by atoms with van der Waals surface area (Å²) in [5.74, 6) is -0.810. The van der Waals surface area contributed by atoms with Crippen molar-refractivity contribution in [2.75, 3.05) is 6.61 Å². The number of aliphatic hydroxyl groups excluding tert-OH is 1. The minimum Gasteiger partial charge on any atom is -0.396 e. The van der Waals surface area contributed by atoms with Gasteiger partial charge in [0.2, 0.25) is 0 Å². The molecule has 0 radical (unpaired) electrons. The van der Waals surface area contributed by atoms with Gasteiger partial charge in [-0.3, -0.25) is 0 Å². The van der Waals surface area contributed by atoms with Crippen LogP contribution >= 0.6 is 0 Å². The zero-order valence-electron chi connectivity index (χ0n) is 16.0.